The van der Waals surface area contributed by atoms with Gasteiger partial charge >= 0.3 is 6.85 Å². The number of rotatable bonds is 7. The van der Waals surface area contributed by atoms with Crippen molar-refractivity contribution >= 4 is 56.9 Å². The van der Waals surface area contributed by atoms with Crippen LogP contribution in [0.25, 0.3) is 38.8 Å². The maximum absolute atomic E-state index is 6.66. The minimum absolute atomic E-state index is 0. The molecule has 0 amide bonds. The van der Waals surface area contributed by atoms with Crippen LogP contribution in [-0.2, 0) is 26.5 Å². The molecular formula is C56H45BN5OPt-3. The van der Waals surface area contributed by atoms with Crippen LogP contribution in [0.4, 0.5) is 17.1 Å². The Morgan fingerprint density at radius 1 is 0.656 bits per heavy atom. The van der Waals surface area contributed by atoms with Crippen molar-refractivity contribution in [3.8, 4) is 17.3 Å². The van der Waals surface area contributed by atoms with Gasteiger partial charge in [-0.05, 0) is 113 Å². The zero-order valence-corrected chi connectivity index (χ0v) is 38.6. The maximum Gasteiger partial charge on any atom is 0.335 e. The Morgan fingerprint density at radius 2 is 1.34 bits per heavy atom. The first kappa shape index (κ1) is 41.2. The van der Waals surface area contributed by atoms with Gasteiger partial charge in [0.25, 0.3) is 0 Å². The number of fused-ring (bicyclic) bond motifs is 5. The molecule has 0 bridgehead atoms. The average molecular weight is 1010 g/mol. The summed E-state index contributed by atoms with van der Waals surface area (Å²) in [6.45, 7) is 13.1. The van der Waals surface area contributed by atoms with E-state index >= 15 is 0 Å². The number of pyridine rings is 1. The summed E-state index contributed by atoms with van der Waals surface area (Å²) in [4.78, 5) is 11.7. The van der Waals surface area contributed by atoms with E-state index < -0.39 is 0 Å². The first-order valence-electron chi connectivity index (χ1n) is 21.6. The largest absolute Gasteiger partial charge is 0.509 e. The van der Waals surface area contributed by atoms with Gasteiger partial charge in [-0.3, -0.25) is 0 Å². The summed E-state index contributed by atoms with van der Waals surface area (Å²) in [5, 5.41) is 2.23. The molecule has 0 saturated heterocycles. The molecular weight excluding hydrogens is 965 g/mol. The molecule has 0 aliphatic carbocycles. The molecule has 0 N–H and O–H groups in total. The van der Waals surface area contributed by atoms with Crippen LogP contribution in [0.1, 0.15) is 48.6 Å². The van der Waals surface area contributed by atoms with Gasteiger partial charge in [-0.25, -0.2) is 4.98 Å². The van der Waals surface area contributed by atoms with E-state index in [9.17, 15) is 0 Å². The van der Waals surface area contributed by atoms with Gasteiger partial charge in [0, 0.05) is 55.7 Å². The number of ether oxygens (including phenoxy) is 1. The number of hydrogen-bond acceptors (Lipinski definition) is 5. The van der Waals surface area contributed by atoms with Gasteiger partial charge in [0.05, 0.1) is 0 Å². The monoisotopic (exact) mass is 1010 g/mol. The van der Waals surface area contributed by atoms with Gasteiger partial charge in [-0.1, -0.05) is 122 Å². The van der Waals surface area contributed by atoms with Crippen molar-refractivity contribution in [3.63, 3.8) is 0 Å². The molecule has 0 fully saturated rings. The summed E-state index contributed by atoms with van der Waals surface area (Å²) in [5.41, 5.74) is 14.6. The molecule has 0 spiro atoms. The zero-order chi connectivity index (χ0) is 42.8. The first-order chi connectivity index (χ1) is 30.7. The second-order valence-electron chi connectivity index (χ2n) is 17.6. The first-order valence-corrected chi connectivity index (χ1v) is 21.6. The molecule has 6 aromatic carbocycles. The number of anilines is 3. The van der Waals surface area contributed by atoms with Crippen LogP contribution in [0.5, 0.6) is 11.5 Å². The second-order valence-corrected chi connectivity index (χ2v) is 17.6. The number of allylic oxidation sites excluding steroid dienone is 4. The Labute approximate surface area is 390 Å². The molecule has 316 valence electrons. The molecule has 5 heterocycles. The van der Waals surface area contributed by atoms with E-state index in [1.165, 1.54) is 44.6 Å². The van der Waals surface area contributed by atoms with Crippen LogP contribution in [0.3, 0.4) is 0 Å². The molecule has 0 saturated carbocycles. The number of aryl methyl sites for hydroxylation is 2. The summed E-state index contributed by atoms with van der Waals surface area (Å²) in [5.74, 6) is 4.44. The topological polar surface area (TPSA) is 36.8 Å². The summed E-state index contributed by atoms with van der Waals surface area (Å²) in [6.07, 6.45) is 10.8. The van der Waals surface area contributed by atoms with Gasteiger partial charge in [-0.15, -0.1) is 48.1 Å². The van der Waals surface area contributed by atoms with Crippen LogP contribution >= 0.6 is 0 Å². The number of para-hydroxylation sites is 3. The van der Waals surface area contributed by atoms with Gasteiger partial charge < -0.3 is 23.9 Å². The molecule has 11 rings (SSSR count). The average Bonchev–Trinajstić information content (AvgIpc) is 3.85. The van der Waals surface area contributed by atoms with Crippen LogP contribution in [-0.4, -0.2) is 21.2 Å². The molecule has 8 aromatic rings. The van der Waals surface area contributed by atoms with Gasteiger partial charge in [0.1, 0.15) is 5.82 Å². The van der Waals surface area contributed by atoms with Crippen LogP contribution in [0.15, 0.2) is 182 Å². The fraction of sp³-hybridized carbons (Fsp3) is 0.107. The number of benzene rings is 6. The predicted octanol–water partition coefficient (Wildman–Crippen LogP) is 13.5. The third kappa shape index (κ3) is 7.38. The van der Waals surface area contributed by atoms with Crippen molar-refractivity contribution in [2.24, 2.45) is 0 Å². The molecule has 64 heavy (non-hydrogen) atoms. The maximum atomic E-state index is 6.66. The van der Waals surface area contributed by atoms with Gasteiger partial charge in [0.15, 0.2) is 0 Å². The number of hydrogen-bond donors (Lipinski definition) is 0. The van der Waals surface area contributed by atoms with Crippen LogP contribution < -0.4 is 14.5 Å². The quantitative estimate of drug-likeness (QED) is 0.117. The van der Waals surface area contributed by atoms with E-state index in [4.69, 9.17) is 9.72 Å². The molecule has 8 heteroatoms. The molecule has 0 unspecified atom stereocenters. The number of nitrogens with zero attached hydrogens (tertiary/aromatic N) is 5. The zero-order valence-electron chi connectivity index (χ0n) is 36.4. The second kappa shape index (κ2) is 16.4. The molecule has 0 radical (unpaired) electrons. The minimum Gasteiger partial charge on any atom is -0.509 e. The molecule has 3 aliphatic heterocycles. The third-order valence-corrected chi connectivity index (χ3v) is 12.3. The van der Waals surface area contributed by atoms with Crippen molar-refractivity contribution in [2.75, 3.05) is 9.80 Å². The van der Waals surface area contributed by atoms with E-state index in [-0.39, 0.29) is 33.3 Å². The summed E-state index contributed by atoms with van der Waals surface area (Å²) in [7, 11) is 0. The standard InChI is InChI=1S/C56H45BN5O.Pt/c1-38-17-21-40(22-18-38)42-28-31-59-32-29-47(41-23-19-39(2)20-24-41)55(57(59)36-42)61-37-60(51-15-8-9-16-52(51)61)44-11-10-12-45(34-44)63-46-25-26-49-48-13-6-7-14-50(48)62(53(49)35-46)54-33-43(27-30-58-54)56(3,4)5;/h6-33,36-37H,1-5H3;/q-3;. The van der Waals surface area contributed by atoms with E-state index in [1.54, 1.807) is 0 Å². The van der Waals surface area contributed by atoms with Crippen molar-refractivity contribution < 1.29 is 25.8 Å². The summed E-state index contributed by atoms with van der Waals surface area (Å²) < 4.78 is 8.85. The van der Waals surface area contributed by atoms with E-state index in [2.05, 4.69) is 224 Å². The Bertz CT molecular complexity index is 3210. The molecule has 3 aliphatic rings. The molecule has 6 nitrogen and oxygen atoms in total. The van der Waals surface area contributed by atoms with Crippen LogP contribution in [0, 0.1) is 32.6 Å². The van der Waals surface area contributed by atoms with Crippen molar-refractivity contribution in [1.29, 1.82) is 0 Å². The molecule has 0 atom stereocenters. The van der Waals surface area contributed by atoms with E-state index in [1.807, 2.05) is 24.4 Å². The summed E-state index contributed by atoms with van der Waals surface area (Å²) >= 11 is 0. The Hall–Kier alpha value is -6.82. The number of aromatic nitrogens is 2. The minimum atomic E-state index is -0.0669. The van der Waals surface area contributed by atoms with Gasteiger partial charge in [0.2, 0.25) is 0 Å². The molecule has 2 aromatic heterocycles. The van der Waals surface area contributed by atoms with Gasteiger partial charge in [-0.2, -0.15) is 12.1 Å². The predicted molar refractivity (Wildman–Crippen MR) is 260 cm³/mol. The Balaban J connectivity index is 0.00000484. The Morgan fingerprint density at radius 3 is 2.11 bits per heavy atom. The fourth-order valence-electron chi connectivity index (χ4n) is 8.96. The fourth-order valence-corrected chi connectivity index (χ4v) is 8.96. The SMILES string of the molecule is Cc1ccc(C2=CB3C(N4[CH-]N(c5[c-]c(Oc6[c-]c7c(cc6)c6ccccc6n7-c6cc(C(C)(C)C)ccn6)ccc5)c5ccccc54)=C(c4ccc(C)cc4)C=CN3C=C2)cc1.[Pt]. The summed E-state index contributed by atoms with van der Waals surface area (Å²) in [6, 6.07) is 56.4. The Kier molecular flexibility index (Phi) is 10.6. The van der Waals surface area contributed by atoms with E-state index in [0.717, 1.165) is 44.7 Å². The third-order valence-electron chi connectivity index (χ3n) is 12.3. The normalized spacial score (nSPS) is 14.5. The smallest absolute Gasteiger partial charge is 0.335 e. The van der Waals surface area contributed by atoms with Crippen molar-refractivity contribution in [2.45, 2.75) is 40.0 Å². The van der Waals surface area contributed by atoms with E-state index in [0.29, 0.717) is 11.5 Å². The van der Waals surface area contributed by atoms with Crippen molar-refractivity contribution in [3.05, 3.63) is 228 Å². The van der Waals surface area contributed by atoms with Crippen molar-refractivity contribution in [1.82, 2.24) is 14.4 Å². The van der Waals surface area contributed by atoms with Crippen LogP contribution in [0.2, 0.25) is 0 Å².